The van der Waals surface area contributed by atoms with Crippen LogP contribution in [-0.4, -0.2) is 30.7 Å². The van der Waals surface area contributed by atoms with Gasteiger partial charge in [-0.25, -0.2) is 0 Å². The fourth-order valence-electron chi connectivity index (χ4n) is 2.73. The van der Waals surface area contributed by atoms with Gasteiger partial charge in [0, 0.05) is 29.9 Å². The lowest BCUT2D eigenvalue weighted by atomic mass is 9.54. The summed E-state index contributed by atoms with van der Waals surface area (Å²) in [5.74, 6) is -0.0602. The van der Waals surface area contributed by atoms with Crippen molar-refractivity contribution in [1.29, 1.82) is 0 Å². The van der Waals surface area contributed by atoms with Gasteiger partial charge in [-0.05, 0) is 24.8 Å². The predicted octanol–water partition coefficient (Wildman–Crippen LogP) is 2.36. The van der Waals surface area contributed by atoms with Crippen LogP contribution in [0, 0.1) is 5.41 Å². The van der Waals surface area contributed by atoms with Gasteiger partial charge in [-0.15, -0.1) is 23.7 Å². The van der Waals surface area contributed by atoms with Crippen LogP contribution in [0.5, 0.6) is 0 Å². The monoisotopic (exact) mass is 332 g/mol. The van der Waals surface area contributed by atoms with Gasteiger partial charge in [0.1, 0.15) is 5.54 Å². The van der Waals surface area contributed by atoms with Gasteiger partial charge in [-0.2, -0.15) is 0 Å². The molecule has 1 saturated carbocycles. The summed E-state index contributed by atoms with van der Waals surface area (Å²) in [5, 5.41) is 5.01. The number of hydrogen-bond acceptors (Lipinski definition) is 4. The summed E-state index contributed by atoms with van der Waals surface area (Å²) >= 11 is 1.71. The minimum Gasteiger partial charge on any atom is -0.378 e. The Kier molecular flexibility index (Phi) is 6.23. The van der Waals surface area contributed by atoms with Gasteiger partial charge in [-0.1, -0.05) is 19.9 Å². The van der Waals surface area contributed by atoms with Crippen LogP contribution in [0.3, 0.4) is 0 Å². The number of amides is 1. The van der Waals surface area contributed by atoms with E-state index in [1.165, 1.54) is 4.88 Å². The van der Waals surface area contributed by atoms with Gasteiger partial charge >= 0.3 is 0 Å². The van der Waals surface area contributed by atoms with E-state index in [-0.39, 0.29) is 29.8 Å². The highest BCUT2D eigenvalue weighted by molar-refractivity contribution is 7.09. The van der Waals surface area contributed by atoms with Crippen molar-refractivity contribution in [3.8, 4) is 0 Å². The van der Waals surface area contributed by atoms with Crippen LogP contribution in [0.1, 0.15) is 32.1 Å². The molecule has 0 saturated heterocycles. The molecule has 120 valence electrons. The third-order valence-corrected chi connectivity index (χ3v) is 5.41. The quantitative estimate of drug-likeness (QED) is 0.840. The van der Waals surface area contributed by atoms with Crippen molar-refractivity contribution in [2.45, 2.75) is 45.3 Å². The Hall–Kier alpha value is -0.620. The van der Waals surface area contributed by atoms with Crippen LogP contribution in [0.25, 0.3) is 0 Å². The Morgan fingerprint density at radius 2 is 2.29 bits per heavy atom. The lowest BCUT2D eigenvalue weighted by Crippen LogP contribution is -2.75. The van der Waals surface area contributed by atoms with E-state index < -0.39 is 5.54 Å². The Morgan fingerprint density at radius 1 is 1.57 bits per heavy atom. The smallest absolute Gasteiger partial charge is 0.240 e. The number of rotatable bonds is 6. The lowest BCUT2D eigenvalue weighted by Gasteiger charge is -2.57. The minimum atomic E-state index is -0.817. The second-order valence-corrected chi connectivity index (χ2v) is 6.96. The molecule has 1 fully saturated rings. The molecule has 1 aliphatic rings. The van der Waals surface area contributed by atoms with Gasteiger partial charge in [-0.3, -0.25) is 4.79 Å². The molecule has 2 rings (SSSR count). The summed E-state index contributed by atoms with van der Waals surface area (Å²) in [6, 6.07) is 4.10. The summed E-state index contributed by atoms with van der Waals surface area (Å²) in [5.41, 5.74) is 5.17. The number of hydrogen-bond donors (Lipinski definition) is 2. The molecule has 1 aromatic rings. The molecule has 0 bridgehead atoms. The molecule has 6 heteroatoms. The maximum atomic E-state index is 12.4. The average molecular weight is 333 g/mol. The number of nitrogens with one attached hydrogen (secondary N) is 1. The van der Waals surface area contributed by atoms with E-state index in [9.17, 15) is 4.79 Å². The highest BCUT2D eigenvalue weighted by Crippen LogP contribution is 2.49. The molecule has 1 amide bonds. The van der Waals surface area contributed by atoms with Crippen molar-refractivity contribution in [2.24, 2.45) is 11.1 Å². The first-order valence-electron chi connectivity index (χ1n) is 7.13. The zero-order valence-electron chi connectivity index (χ0n) is 12.8. The second kappa shape index (κ2) is 7.09. The van der Waals surface area contributed by atoms with E-state index >= 15 is 0 Å². The highest BCUT2D eigenvalue weighted by atomic mass is 35.5. The molecule has 21 heavy (non-hydrogen) atoms. The molecule has 1 aliphatic carbocycles. The van der Waals surface area contributed by atoms with Gasteiger partial charge in [0.2, 0.25) is 5.91 Å². The van der Waals surface area contributed by atoms with Crippen molar-refractivity contribution >= 4 is 29.7 Å². The Balaban J connectivity index is 0.00000220. The van der Waals surface area contributed by atoms with E-state index in [1.807, 2.05) is 32.2 Å². The molecule has 1 aromatic heterocycles. The summed E-state index contributed by atoms with van der Waals surface area (Å²) in [6.45, 7) is 7.27. The molecular formula is C15H25ClN2O2S. The van der Waals surface area contributed by atoms with Crippen LogP contribution in [-0.2, 0) is 16.0 Å². The molecular weight excluding hydrogens is 308 g/mol. The number of nitrogens with two attached hydrogens (primary N) is 1. The molecule has 0 aromatic carbocycles. The first kappa shape index (κ1) is 18.4. The third kappa shape index (κ3) is 3.42. The highest BCUT2D eigenvalue weighted by Gasteiger charge is 2.62. The van der Waals surface area contributed by atoms with Crippen LogP contribution in [0.15, 0.2) is 17.5 Å². The molecule has 2 atom stereocenters. The van der Waals surface area contributed by atoms with E-state index in [1.54, 1.807) is 11.3 Å². The fraction of sp³-hybridized carbons (Fsp3) is 0.667. The minimum absolute atomic E-state index is 0. The molecule has 1 heterocycles. The molecule has 0 aliphatic heterocycles. The standard InChI is InChI=1S/C15H24N2O2S.ClH/c1-4-19-12-10-15(16,14(12,2)3)13(18)17-8-7-11-6-5-9-20-11;/h5-6,9,12H,4,7-8,10,16H2,1-3H3,(H,17,18);1H. The number of carbonyl (C=O) groups excluding carboxylic acids is 1. The second-order valence-electron chi connectivity index (χ2n) is 5.93. The van der Waals surface area contributed by atoms with Crippen LogP contribution >= 0.6 is 23.7 Å². The van der Waals surface area contributed by atoms with Crippen molar-refractivity contribution in [2.75, 3.05) is 13.2 Å². The lowest BCUT2D eigenvalue weighted by molar-refractivity contribution is -0.170. The molecule has 3 N–H and O–H groups in total. The van der Waals surface area contributed by atoms with Crippen LogP contribution < -0.4 is 11.1 Å². The van der Waals surface area contributed by atoms with Gasteiger partial charge in [0.05, 0.1) is 6.10 Å². The van der Waals surface area contributed by atoms with E-state index in [4.69, 9.17) is 10.5 Å². The van der Waals surface area contributed by atoms with Crippen LogP contribution in [0.4, 0.5) is 0 Å². The van der Waals surface area contributed by atoms with Crippen LogP contribution in [0.2, 0.25) is 0 Å². The average Bonchev–Trinajstić information content (AvgIpc) is 2.91. The third-order valence-electron chi connectivity index (χ3n) is 4.47. The molecule has 4 nitrogen and oxygen atoms in total. The van der Waals surface area contributed by atoms with E-state index in [0.717, 1.165) is 6.42 Å². The zero-order valence-corrected chi connectivity index (χ0v) is 14.5. The molecule has 0 radical (unpaired) electrons. The first-order valence-corrected chi connectivity index (χ1v) is 8.01. The largest absolute Gasteiger partial charge is 0.378 e. The van der Waals surface area contributed by atoms with Crippen molar-refractivity contribution in [3.63, 3.8) is 0 Å². The van der Waals surface area contributed by atoms with E-state index in [0.29, 0.717) is 19.6 Å². The molecule has 0 spiro atoms. The summed E-state index contributed by atoms with van der Waals surface area (Å²) in [7, 11) is 0. The number of ether oxygens (including phenoxy) is 1. The number of thiophene rings is 1. The summed E-state index contributed by atoms with van der Waals surface area (Å²) in [6.07, 6.45) is 1.52. The Labute approximate surface area is 136 Å². The fourth-order valence-corrected chi connectivity index (χ4v) is 3.44. The number of halogens is 1. The summed E-state index contributed by atoms with van der Waals surface area (Å²) in [4.78, 5) is 13.6. The van der Waals surface area contributed by atoms with E-state index in [2.05, 4.69) is 11.4 Å². The Bertz CT molecular complexity index is 464. The SMILES string of the molecule is CCOC1CC(N)(C(=O)NCCc2cccs2)C1(C)C.Cl. The topological polar surface area (TPSA) is 64.3 Å². The predicted molar refractivity (Wildman–Crippen MR) is 89.0 cm³/mol. The van der Waals surface area contributed by atoms with Gasteiger partial charge in [0.15, 0.2) is 0 Å². The zero-order chi connectivity index (χ0) is 14.8. The first-order chi connectivity index (χ1) is 9.41. The van der Waals surface area contributed by atoms with Crippen molar-refractivity contribution in [1.82, 2.24) is 5.32 Å². The molecule has 2 unspecified atom stereocenters. The van der Waals surface area contributed by atoms with Crippen molar-refractivity contribution in [3.05, 3.63) is 22.4 Å². The van der Waals surface area contributed by atoms with Gasteiger partial charge in [0.25, 0.3) is 0 Å². The summed E-state index contributed by atoms with van der Waals surface area (Å²) < 4.78 is 5.64. The normalized spacial score (nSPS) is 26.6. The van der Waals surface area contributed by atoms with Crippen molar-refractivity contribution < 1.29 is 9.53 Å². The Morgan fingerprint density at radius 3 is 2.81 bits per heavy atom. The maximum Gasteiger partial charge on any atom is 0.240 e. The van der Waals surface area contributed by atoms with Gasteiger partial charge < -0.3 is 15.8 Å². The maximum absolute atomic E-state index is 12.4. The number of carbonyl (C=O) groups is 1.